The molecule has 0 spiro atoms. The van der Waals surface area contributed by atoms with E-state index >= 15 is 0 Å². The number of nitrogen functional groups attached to an aromatic ring is 1. The van der Waals surface area contributed by atoms with Gasteiger partial charge in [0.25, 0.3) is 0 Å². The second-order valence-electron chi connectivity index (χ2n) is 5.89. The highest BCUT2D eigenvalue weighted by molar-refractivity contribution is 5.54. The van der Waals surface area contributed by atoms with Crippen LogP contribution in [-0.2, 0) is 7.05 Å². The van der Waals surface area contributed by atoms with E-state index in [0.717, 1.165) is 30.3 Å². The van der Waals surface area contributed by atoms with Crippen LogP contribution >= 0.6 is 0 Å². The summed E-state index contributed by atoms with van der Waals surface area (Å²) < 4.78 is 7.88. The molecule has 1 fully saturated rings. The van der Waals surface area contributed by atoms with Gasteiger partial charge in [0.15, 0.2) is 0 Å². The zero-order chi connectivity index (χ0) is 13.3. The van der Waals surface area contributed by atoms with Gasteiger partial charge in [-0.15, -0.1) is 0 Å². The summed E-state index contributed by atoms with van der Waals surface area (Å²) in [6.07, 6.45) is 5.12. The lowest BCUT2D eigenvalue weighted by atomic mass is 9.89. The molecule has 18 heavy (non-hydrogen) atoms. The van der Waals surface area contributed by atoms with E-state index in [1.54, 1.807) is 4.68 Å². The van der Waals surface area contributed by atoms with Crippen molar-refractivity contribution in [1.82, 2.24) is 9.78 Å². The normalized spacial score (nSPS) is 24.5. The van der Waals surface area contributed by atoms with E-state index in [4.69, 9.17) is 10.5 Å². The quantitative estimate of drug-likeness (QED) is 0.898. The van der Waals surface area contributed by atoms with Crippen molar-refractivity contribution in [2.75, 3.05) is 5.73 Å². The van der Waals surface area contributed by atoms with E-state index in [1.165, 1.54) is 12.8 Å². The number of ether oxygens (including phenoxy) is 1. The topological polar surface area (TPSA) is 53.1 Å². The molecule has 102 valence electrons. The summed E-state index contributed by atoms with van der Waals surface area (Å²) in [7, 11) is 1.91. The Morgan fingerprint density at radius 2 is 2.11 bits per heavy atom. The second kappa shape index (κ2) is 5.21. The Morgan fingerprint density at radius 1 is 1.39 bits per heavy atom. The zero-order valence-corrected chi connectivity index (χ0v) is 11.9. The summed E-state index contributed by atoms with van der Waals surface area (Å²) in [5, 5.41) is 4.46. The van der Waals surface area contributed by atoms with E-state index < -0.39 is 0 Å². The predicted molar refractivity (Wildman–Crippen MR) is 73.8 cm³/mol. The molecular weight excluding hydrogens is 226 g/mol. The summed E-state index contributed by atoms with van der Waals surface area (Å²) >= 11 is 0. The number of anilines is 1. The minimum absolute atomic E-state index is 0.298. The molecule has 0 aromatic carbocycles. The average Bonchev–Trinajstić information content (AvgIpc) is 2.57. The van der Waals surface area contributed by atoms with Crippen molar-refractivity contribution >= 4 is 5.69 Å². The van der Waals surface area contributed by atoms with Crippen molar-refractivity contribution in [3.05, 3.63) is 5.69 Å². The molecule has 2 unspecified atom stereocenters. The molecule has 1 aliphatic carbocycles. The Balaban J connectivity index is 2.13. The predicted octanol–water partition coefficient (Wildman–Crippen LogP) is 3.08. The van der Waals surface area contributed by atoms with Crippen molar-refractivity contribution in [2.45, 2.75) is 58.5 Å². The summed E-state index contributed by atoms with van der Waals surface area (Å²) in [5.41, 5.74) is 7.80. The molecule has 0 bridgehead atoms. The molecule has 0 aliphatic heterocycles. The van der Waals surface area contributed by atoms with Gasteiger partial charge in [-0.2, -0.15) is 5.10 Å². The number of aryl methyl sites for hydroxylation is 1. The number of nitrogens with two attached hydrogens (primary N) is 1. The van der Waals surface area contributed by atoms with Crippen LogP contribution in [0.4, 0.5) is 5.69 Å². The smallest absolute Gasteiger partial charge is 0.236 e. The highest BCUT2D eigenvalue weighted by Crippen LogP contribution is 2.33. The fourth-order valence-corrected chi connectivity index (χ4v) is 2.75. The van der Waals surface area contributed by atoms with Gasteiger partial charge in [-0.25, -0.2) is 4.68 Å². The van der Waals surface area contributed by atoms with Crippen LogP contribution in [0.2, 0.25) is 0 Å². The van der Waals surface area contributed by atoms with Crippen molar-refractivity contribution < 1.29 is 4.74 Å². The molecular formula is C14H25N3O. The maximum atomic E-state index is 6.15. The van der Waals surface area contributed by atoms with Crippen molar-refractivity contribution in [3.8, 4) is 5.88 Å². The highest BCUT2D eigenvalue weighted by Gasteiger charge is 2.24. The Labute approximate surface area is 110 Å². The van der Waals surface area contributed by atoms with Gasteiger partial charge in [-0.1, -0.05) is 27.2 Å². The molecule has 2 rings (SSSR count). The molecule has 2 N–H and O–H groups in total. The van der Waals surface area contributed by atoms with Crippen LogP contribution in [0.1, 0.15) is 58.1 Å². The second-order valence-corrected chi connectivity index (χ2v) is 5.89. The van der Waals surface area contributed by atoms with Crippen LogP contribution in [0.3, 0.4) is 0 Å². The van der Waals surface area contributed by atoms with Crippen LogP contribution in [0.15, 0.2) is 0 Å². The first-order valence-electron chi connectivity index (χ1n) is 6.98. The van der Waals surface area contributed by atoms with E-state index in [-0.39, 0.29) is 0 Å². The molecule has 0 saturated heterocycles. The van der Waals surface area contributed by atoms with E-state index in [2.05, 4.69) is 25.9 Å². The minimum atomic E-state index is 0.298. The molecule has 4 nitrogen and oxygen atoms in total. The fourth-order valence-electron chi connectivity index (χ4n) is 2.75. The molecule has 1 saturated carbocycles. The maximum Gasteiger partial charge on any atom is 0.236 e. The number of aromatic nitrogens is 2. The van der Waals surface area contributed by atoms with Gasteiger partial charge in [0.05, 0.1) is 5.69 Å². The largest absolute Gasteiger partial charge is 0.473 e. The van der Waals surface area contributed by atoms with Crippen LogP contribution in [0, 0.1) is 5.92 Å². The molecule has 0 amide bonds. The molecule has 4 heteroatoms. The Bertz CT molecular complexity index is 411. The molecule has 0 radical (unpaired) electrons. The van der Waals surface area contributed by atoms with E-state index in [0.29, 0.717) is 17.7 Å². The third-order valence-corrected chi connectivity index (χ3v) is 3.77. The van der Waals surface area contributed by atoms with Gasteiger partial charge in [-0.05, 0) is 31.1 Å². The third-order valence-electron chi connectivity index (χ3n) is 3.77. The lowest BCUT2D eigenvalue weighted by Crippen LogP contribution is -2.25. The number of rotatable bonds is 3. The number of hydrogen-bond donors (Lipinski definition) is 1. The first kappa shape index (κ1) is 13.2. The summed E-state index contributed by atoms with van der Waals surface area (Å²) in [4.78, 5) is 0. The van der Waals surface area contributed by atoms with Gasteiger partial charge in [0, 0.05) is 7.05 Å². The summed E-state index contributed by atoms with van der Waals surface area (Å²) in [6.45, 7) is 6.50. The number of hydrogen-bond acceptors (Lipinski definition) is 3. The molecule has 1 heterocycles. The standard InChI is InChI=1S/C14H25N3O/c1-9(2)13-12(15)14(17(4)16-13)18-11-7-5-6-10(3)8-11/h9-11H,5-8,15H2,1-4H3. The van der Waals surface area contributed by atoms with Gasteiger partial charge < -0.3 is 10.5 Å². The molecule has 1 aliphatic rings. The van der Waals surface area contributed by atoms with E-state index in [9.17, 15) is 0 Å². The fraction of sp³-hybridized carbons (Fsp3) is 0.786. The number of nitrogens with zero attached hydrogens (tertiary/aromatic N) is 2. The van der Waals surface area contributed by atoms with Crippen molar-refractivity contribution in [1.29, 1.82) is 0 Å². The van der Waals surface area contributed by atoms with Gasteiger partial charge in [-0.3, -0.25) is 0 Å². The minimum Gasteiger partial charge on any atom is -0.473 e. The molecule has 1 aromatic heterocycles. The first-order valence-corrected chi connectivity index (χ1v) is 6.98. The van der Waals surface area contributed by atoms with Crippen LogP contribution < -0.4 is 10.5 Å². The Morgan fingerprint density at radius 3 is 2.67 bits per heavy atom. The Kier molecular flexibility index (Phi) is 3.83. The van der Waals surface area contributed by atoms with Crippen LogP contribution in [0.5, 0.6) is 5.88 Å². The van der Waals surface area contributed by atoms with Gasteiger partial charge >= 0.3 is 0 Å². The lowest BCUT2D eigenvalue weighted by molar-refractivity contribution is 0.119. The summed E-state index contributed by atoms with van der Waals surface area (Å²) in [6, 6.07) is 0. The molecule has 2 atom stereocenters. The van der Waals surface area contributed by atoms with Crippen LogP contribution in [0.25, 0.3) is 0 Å². The lowest BCUT2D eigenvalue weighted by Gasteiger charge is -2.27. The SMILES string of the molecule is CC1CCCC(Oc2c(N)c(C(C)C)nn2C)C1. The summed E-state index contributed by atoms with van der Waals surface area (Å²) in [5.74, 6) is 1.83. The highest BCUT2D eigenvalue weighted by atomic mass is 16.5. The Hall–Kier alpha value is -1.19. The monoisotopic (exact) mass is 251 g/mol. The van der Waals surface area contributed by atoms with Gasteiger partial charge in [0.2, 0.25) is 5.88 Å². The maximum absolute atomic E-state index is 6.15. The molecule has 1 aromatic rings. The van der Waals surface area contributed by atoms with Gasteiger partial charge in [0.1, 0.15) is 11.8 Å². The third kappa shape index (κ3) is 2.62. The van der Waals surface area contributed by atoms with Crippen LogP contribution in [-0.4, -0.2) is 15.9 Å². The first-order chi connectivity index (χ1) is 8.49. The van der Waals surface area contributed by atoms with Crippen molar-refractivity contribution in [2.24, 2.45) is 13.0 Å². The van der Waals surface area contributed by atoms with E-state index in [1.807, 2.05) is 7.05 Å². The average molecular weight is 251 g/mol. The zero-order valence-electron chi connectivity index (χ0n) is 11.9. The van der Waals surface area contributed by atoms with Crippen molar-refractivity contribution in [3.63, 3.8) is 0 Å².